The molecule has 1 saturated heterocycles. The maximum absolute atomic E-state index is 12.2. The Bertz CT molecular complexity index is 527. The lowest BCUT2D eigenvalue weighted by atomic mass is 10.1. The largest absolute Gasteiger partial charge is 0.464 e. The van der Waals surface area contributed by atoms with Crippen LogP contribution in [0.5, 0.6) is 0 Å². The van der Waals surface area contributed by atoms with Crippen molar-refractivity contribution in [2.45, 2.75) is 26.2 Å². The van der Waals surface area contributed by atoms with Crippen molar-refractivity contribution in [1.29, 1.82) is 0 Å². The number of hydrogen-bond donors (Lipinski definition) is 0. The van der Waals surface area contributed by atoms with Gasteiger partial charge >= 0.3 is 5.97 Å². The van der Waals surface area contributed by atoms with Crippen LogP contribution in [0.15, 0.2) is 16.8 Å². The SMILES string of the molecule is COC(=O)c1noc(C)c1C(=O)C=CN1CCCCC1. The van der Waals surface area contributed by atoms with Crippen molar-refractivity contribution >= 4 is 11.8 Å². The first-order chi connectivity index (χ1) is 9.63. The second-order valence-electron chi connectivity index (χ2n) is 4.73. The summed E-state index contributed by atoms with van der Waals surface area (Å²) in [5.41, 5.74) is 0.100. The highest BCUT2D eigenvalue weighted by molar-refractivity contribution is 6.11. The average molecular weight is 278 g/mol. The molecule has 0 aliphatic carbocycles. The lowest BCUT2D eigenvalue weighted by molar-refractivity contribution is 0.0586. The summed E-state index contributed by atoms with van der Waals surface area (Å²) in [5, 5.41) is 3.58. The molecule has 0 saturated carbocycles. The molecule has 0 unspecified atom stereocenters. The lowest BCUT2D eigenvalue weighted by Gasteiger charge is -2.24. The first-order valence-corrected chi connectivity index (χ1v) is 6.64. The number of ether oxygens (including phenoxy) is 1. The van der Waals surface area contributed by atoms with Gasteiger partial charge in [-0.15, -0.1) is 0 Å². The van der Waals surface area contributed by atoms with Gasteiger partial charge < -0.3 is 14.2 Å². The van der Waals surface area contributed by atoms with Gasteiger partial charge in [0, 0.05) is 25.4 Å². The molecular weight excluding hydrogens is 260 g/mol. The third kappa shape index (κ3) is 3.07. The number of rotatable bonds is 4. The number of carbonyl (C=O) groups is 2. The predicted octanol–water partition coefficient (Wildman–Crippen LogP) is 1.95. The Balaban J connectivity index is 2.14. The number of carbonyl (C=O) groups excluding carboxylic acids is 2. The summed E-state index contributed by atoms with van der Waals surface area (Å²) >= 11 is 0. The smallest absolute Gasteiger partial charge is 0.361 e. The van der Waals surface area contributed by atoms with Gasteiger partial charge in [-0.1, -0.05) is 5.16 Å². The van der Waals surface area contributed by atoms with Crippen LogP contribution < -0.4 is 0 Å². The highest BCUT2D eigenvalue weighted by Crippen LogP contribution is 2.16. The third-order valence-electron chi connectivity index (χ3n) is 3.32. The van der Waals surface area contributed by atoms with Crippen LogP contribution in [0.1, 0.15) is 45.9 Å². The molecule has 1 aliphatic heterocycles. The monoisotopic (exact) mass is 278 g/mol. The van der Waals surface area contributed by atoms with E-state index in [1.807, 2.05) is 0 Å². The van der Waals surface area contributed by atoms with Crippen molar-refractivity contribution in [1.82, 2.24) is 10.1 Å². The number of aryl methyl sites for hydroxylation is 1. The molecule has 108 valence electrons. The molecule has 1 fully saturated rings. The van der Waals surface area contributed by atoms with Crippen LogP contribution in [0.4, 0.5) is 0 Å². The molecule has 6 heteroatoms. The van der Waals surface area contributed by atoms with Crippen LogP contribution in [-0.2, 0) is 4.74 Å². The Hall–Kier alpha value is -2.11. The van der Waals surface area contributed by atoms with Gasteiger partial charge in [0.15, 0.2) is 5.78 Å². The van der Waals surface area contributed by atoms with Crippen LogP contribution in [0.25, 0.3) is 0 Å². The molecule has 0 N–H and O–H groups in total. The van der Waals surface area contributed by atoms with E-state index in [4.69, 9.17) is 4.52 Å². The number of piperidine rings is 1. The van der Waals surface area contributed by atoms with Crippen LogP contribution >= 0.6 is 0 Å². The van der Waals surface area contributed by atoms with E-state index in [1.165, 1.54) is 19.6 Å². The molecule has 2 heterocycles. The highest BCUT2D eigenvalue weighted by Gasteiger charge is 2.24. The molecule has 0 aromatic carbocycles. The fraction of sp³-hybridized carbons (Fsp3) is 0.500. The third-order valence-corrected chi connectivity index (χ3v) is 3.32. The fourth-order valence-electron chi connectivity index (χ4n) is 2.22. The second kappa shape index (κ2) is 6.36. The van der Waals surface area contributed by atoms with Crippen molar-refractivity contribution in [2.24, 2.45) is 0 Å². The number of likely N-dealkylation sites (tertiary alicyclic amines) is 1. The molecule has 20 heavy (non-hydrogen) atoms. The average Bonchev–Trinajstić information content (AvgIpc) is 2.87. The lowest BCUT2D eigenvalue weighted by Crippen LogP contribution is -2.24. The number of nitrogens with zero attached hydrogens (tertiary/aromatic N) is 2. The number of hydrogen-bond acceptors (Lipinski definition) is 6. The van der Waals surface area contributed by atoms with E-state index in [1.54, 1.807) is 13.1 Å². The number of esters is 1. The number of ketones is 1. The van der Waals surface area contributed by atoms with E-state index in [2.05, 4.69) is 14.8 Å². The van der Waals surface area contributed by atoms with Crippen molar-refractivity contribution in [3.63, 3.8) is 0 Å². The fourth-order valence-corrected chi connectivity index (χ4v) is 2.22. The van der Waals surface area contributed by atoms with Crippen molar-refractivity contribution in [3.05, 3.63) is 29.3 Å². The maximum Gasteiger partial charge on any atom is 0.361 e. The predicted molar refractivity (Wildman–Crippen MR) is 71.5 cm³/mol. The minimum Gasteiger partial charge on any atom is -0.464 e. The Morgan fingerprint density at radius 3 is 2.65 bits per heavy atom. The first-order valence-electron chi connectivity index (χ1n) is 6.64. The van der Waals surface area contributed by atoms with Gasteiger partial charge in [-0.3, -0.25) is 4.79 Å². The van der Waals surface area contributed by atoms with Gasteiger partial charge in [0.1, 0.15) is 5.76 Å². The number of allylic oxidation sites excluding steroid dienone is 1. The number of aromatic nitrogens is 1. The van der Waals surface area contributed by atoms with Crippen LogP contribution in [0.2, 0.25) is 0 Å². The van der Waals surface area contributed by atoms with E-state index in [-0.39, 0.29) is 17.0 Å². The van der Waals surface area contributed by atoms with Gasteiger partial charge in [-0.05, 0) is 26.2 Å². The minimum absolute atomic E-state index is 0.0710. The zero-order valence-corrected chi connectivity index (χ0v) is 11.7. The molecule has 0 amide bonds. The molecule has 0 bridgehead atoms. The Kier molecular flexibility index (Phi) is 4.55. The van der Waals surface area contributed by atoms with Gasteiger partial charge in [0.2, 0.25) is 5.69 Å². The summed E-state index contributed by atoms with van der Waals surface area (Å²) in [5.74, 6) is -0.648. The zero-order valence-electron chi connectivity index (χ0n) is 11.7. The summed E-state index contributed by atoms with van der Waals surface area (Å²) in [6, 6.07) is 0. The molecule has 1 aliphatic rings. The van der Waals surface area contributed by atoms with Crippen LogP contribution in [0.3, 0.4) is 0 Å². The highest BCUT2D eigenvalue weighted by atomic mass is 16.5. The van der Waals surface area contributed by atoms with Gasteiger partial charge in [-0.2, -0.15) is 0 Å². The van der Waals surface area contributed by atoms with E-state index < -0.39 is 5.97 Å². The Morgan fingerprint density at radius 1 is 1.30 bits per heavy atom. The van der Waals surface area contributed by atoms with Crippen molar-refractivity contribution in [2.75, 3.05) is 20.2 Å². The van der Waals surface area contributed by atoms with Gasteiger partial charge in [0.25, 0.3) is 0 Å². The van der Waals surface area contributed by atoms with E-state index in [0.29, 0.717) is 5.76 Å². The first kappa shape index (κ1) is 14.3. The Morgan fingerprint density at radius 2 is 2.00 bits per heavy atom. The van der Waals surface area contributed by atoms with Crippen LogP contribution in [-0.4, -0.2) is 42.0 Å². The molecule has 1 aromatic heterocycles. The summed E-state index contributed by atoms with van der Waals surface area (Å²) in [4.78, 5) is 25.8. The summed E-state index contributed by atoms with van der Waals surface area (Å²) in [6.07, 6.45) is 6.73. The quantitative estimate of drug-likeness (QED) is 0.476. The van der Waals surface area contributed by atoms with Gasteiger partial charge in [0.05, 0.1) is 12.7 Å². The van der Waals surface area contributed by atoms with E-state index in [9.17, 15) is 9.59 Å². The van der Waals surface area contributed by atoms with Crippen molar-refractivity contribution < 1.29 is 18.8 Å². The molecular formula is C14H18N2O4. The Labute approximate surface area is 117 Å². The molecule has 0 radical (unpaired) electrons. The van der Waals surface area contributed by atoms with E-state index >= 15 is 0 Å². The normalized spacial score (nSPS) is 15.6. The molecule has 6 nitrogen and oxygen atoms in total. The second-order valence-corrected chi connectivity index (χ2v) is 4.73. The topological polar surface area (TPSA) is 72.6 Å². The standard InChI is InChI=1S/C14H18N2O4/c1-10-12(13(15-20-10)14(18)19-2)11(17)6-9-16-7-4-3-5-8-16/h6,9H,3-5,7-8H2,1-2H3. The van der Waals surface area contributed by atoms with Gasteiger partial charge in [-0.25, -0.2) is 4.79 Å². The summed E-state index contributed by atoms with van der Waals surface area (Å²) < 4.78 is 9.50. The van der Waals surface area contributed by atoms with E-state index in [0.717, 1.165) is 25.9 Å². The van der Waals surface area contributed by atoms with Crippen molar-refractivity contribution in [3.8, 4) is 0 Å². The van der Waals surface area contributed by atoms with Crippen LogP contribution in [0, 0.1) is 6.92 Å². The zero-order chi connectivity index (χ0) is 14.5. The number of methoxy groups -OCH3 is 1. The maximum atomic E-state index is 12.2. The summed E-state index contributed by atoms with van der Waals surface area (Å²) in [7, 11) is 1.24. The summed E-state index contributed by atoms with van der Waals surface area (Å²) in [6.45, 7) is 3.51. The molecule has 0 spiro atoms. The minimum atomic E-state index is -0.670. The molecule has 2 rings (SSSR count). The molecule has 0 atom stereocenters. The molecule has 1 aromatic rings.